The fourth-order valence-corrected chi connectivity index (χ4v) is 11.1. The van der Waals surface area contributed by atoms with Crippen molar-refractivity contribution >= 4 is 11.6 Å². The van der Waals surface area contributed by atoms with Gasteiger partial charge in [-0.1, -0.05) is 54.5 Å². The number of rotatable bonds is 1. The van der Waals surface area contributed by atoms with E-state index in [-0.39, 0.29) is 50.7 Å². The van der Waals surface area contributed by atoms with Gasteiger partial charge in [0.05, 0.1) is 12.7 Å². The Morgan fingerprint density at radius 3 is 2.22 bits per heavy atom. The van der Waals surface area contributed by atoms with Crippen molar-refractivity contribution in [1.82, 2.24) is 0 Å². The molecule has 0 spiro atoms. The van der Waals surface area contributed by atoms with Gasteiger partial charge < -0.3 is 5.11 Å². The first-order valence-corrected chi connectivity index (χ1v) is 14.3. The van der Waals surface area contributed by atoms with Crippen molar-refractivity contribution in [2.24, 2.45) is 56.2 Å². The number of hydrogen-bond acceptors (Lipinski definition) is 3. The molecule has 5 aliphatic carbocycles. The van der Waals surface area contributed by atoms with E-state index in [1.165, 1.54) is 0 Å². The van der Waals surface area contributed by atoms with Crippen LogP contribution in [0, 0.1) is 62.7 Å². The van der Waals surface area contributed by atoms with Gasteiger partial charge in [0.1, 0.15) is 11.6 Å². The van der Waals surface area contributed by atoms with Crippen molar-refractivity contribution in [1.29, 1.82) is 0 Å². The molecule has 0 saturated heterocycles. The van der Waals surface area contributed by atoms with Crippen LogP contribution in [0.25, 0.3) is 4.85 Å². The smallest absolute Gasteiger partial charge is 0.190 e. The van der Waals surface area contributed by atoms with E-state index in [0.717, 1.165) is 44.9 Å². The Kier molecular flexibility index (Phi) is 5.49. The highest BCUT2D eigenvalue weighted by Gasteiger charge is 2.72. The number of aliphatic hydroxyl groups is 1. The minimum absolute atomic E-state index is 0.0522. The van der Waals surface area contributed by atoms with Gasteiger partial charge in [0.15, 0.2) is 5.70 Å². The summed E-state index contributed by atoms with van der Waals surface area (Å²) in [4.78, 5) is 31.4. The molecular formula is C32H47NO3. The SMILES string of the molecule is [C-]#[N+]C1=C[C@]2(C)[C@H]3CC(=O)C4C5CC(C)(C)CC[C@]5(C(C)=O)CC[C@@]4(C)[C@]3(C)CC[C@H]2C(C)(C)C1O. The maximum absolute atomic E-state index is 14.4. The molecule has 0 aromatic carbocycles. The first-order valence-electron chi connectivity index (χ1n) is 14.3. The van der Waals surface area contributed by atoms with Crippen LogP contribution in [0.15, 0.2) is 11.8 Å². The zero-order chi connectivity index (χ0) is 26.7. The second-order valence-electron chi connectivity index (χ2n) is 15.6. The number of carbonyl (C=O) groups is 2. The number of allylic oxidation sites excluding steroid dienone is 1. The molecule has 5 aliphatic rings. The Labute approximate surface area is 218 Å². The Morgan fingerprint density at radius 2 is 1.61 bits per heavy atom. The molecule has 4 nitrogen and oxygen atoms in total. The van der Waals surface area contributed by atoms with Gasteiger partial charge >= 0.3 is 0 Å². The van der Waals surface area contributed by atoms with Crippen LogP contribution < -0.4 is 0 Å². The van der Waals surface area contributed by atoms with Gasteiger partial charge in [-0.15, -0.1) is 0 Å². The van der Waals surface area contributed by atoms with Crippen molar-refractivity contribution in [3.05, 3.63) is 23.2 Å². The predicted octanol–water partition coefficient (Wildman–Crippen LogP) is 7.02. The van der Waals surface area contributed by atoms with Crippen LogP contribution in [0.1, 0.15) is 107 Å². The number of fused-ring (bicyclic) bond motifs is 7. The van der Waals surface area contributed by atoms with E-state index in [2.05, 4.69) is 59.4 Å². The Morgan fingerprint density at radius 1 is 0.972 bits per heavy atom. The van der Waals surface area contributed by atoms with Crippen LogP contribution in [0.5, 0.6) is 0 Å². The number of hydrogen-bond donors (Lipinski definition) is 1. The summed E-state index contributed by atoms with van der Waals surface area (Å²) >= 11 is 0. The van der Waals surface area contributed by atoms with Crippen LogP contribution in [0.2, 0.25) is 0 Å². The molecular weight excluding hydrogens is 446 g/mol. The normalized spacial score (nSPS) is 50.9. The summed E-state index contributed by atoms with van der Waals surface area (Å²) in [7, 11) is 0. The zero-order valence-electron chi connectivity index (χ0n) is 23.8. The first kappa shape index (κ1) is 26.1. The molecule has 36 heavy (non-hydrogen) atoms. The molecule has 4 heteroatoms. The van der Waals surface area contributed by atoms with Gasteiger partial charge in [-0.3, -0.25) is 9.59 Å². The number of Topliss-reactive ketones (excluding diaryl/α,β-unsaturated/α-hetero) is 2. The predicted molar refractivity (Wildman–Crippen MR) is 142 cm³/mol. The molecule has 0 bridgehead atoms. The number of aliphatic hydroxyl groups excluding tert-OH is 1. The van der Waals surface area contributed by atoms with Gasteiger partial charge in [0.25, 0.3) is 0 Å². The van der Waals surface area contributed by atoms with Crippen molar-refractivity contribution < 1.29 is 14.7 Å². The summed E-state index contributed by atoms with van der Waals surface area (Å²) < 4.78 is 0. The molecule has 0 amide bonds. The lowest BCUT2D eigenvalue weighted by atomic mass is 9.31. The van der Waals surface area contributed by atoms with E-state index in [9.17, 15) is 14.7 Å². The highest BCUT2D eigenvalue weighted by Crippen LogP contribution is 2.76. The average Bonchev–Trinajstić information content (AvgIpc) is 2.77. The zero-order valence-corrected chi connectivity index (χ0v) is 23.8. The van der Waals surface area contributed by atoms with Crippen molar-refractivity contribution in [2.45, 2.75) is 113 Å². The van der Waals surface area contributed by atoms with Crippen LogP contribution >= 0.6 is 0 Å². The van der Waals surface area contributed by atoms with Gasteiger partial charge in [0.2, 0.25) is 0 Å². The molecule has 1 N–H and O–H groups in total. The van der Waals surface area contributed by atoms with Gasteiger partial charge in [-0.05, 0) is 96.7 Å². The standard InChI is InChI=1S/C32H47NO3/c1-19(34)32-14-12-27(2,3)17-20(32)25-22(35)16-24-29(6)18-21(33-9)26(36)28(4,5)23(29)10-11-30(24,7)31(25,8)13-15-32/h18,20,23-26,36H,10-17H2,1-8H3/t20?,23-,24+,25?,26?,29-,30+,31+,32+/m0/s1. The summed E-state index contributed by atoms with van der Waals surface area (Å²) in [6.45, 7) is 25.6. The third-order valence-corrected chi connectivity index (χ3v) is 13.4. The van der Waals surface area contributed by atoms with Gasteiger partial charge in [-0.2, -0.15) is 0 Å². The highest BCUT2D eigenvalue weighted by atomic mass is 16.3. The number of carbonyl (C=O) groups excluding carboxylic acids is 2. The van der Waals surface area contributed by atoms with E-state index >= 15 is 0 Å². The van der Waals surface area contributed by atoms with Crippen LogP contribution in [0.3, 0.4) is 0 Å². The topological polar surface area (TPSA) is 58.7 Å². The van der Waals surface area contributed by atoms with Gasteiger partial charge in [-0.25, -0.2) is 4.85 Å². The summed E-state index contributed by atoms with van der Waals surface area (Å²) in [5.74, 6) is 1.09. The van der Waals surface area contributed by atoms with E-state index in [1.807, 2.05) is 0 Å². The Hall–Kier alpha value is -1.47. The minimum atomic E-state index is -0.754. The lowest BCUT2D eigenvalue weighted by Crippen LogP contribution is -2.69. The molecule has 0 heterocycles. The molecule has 3 unspecified atom stereocenters. The molecule has 0 aromatic rings. The van der Waals surface area contributed by atoms with Crippen LogP contribution in [0.4, 0.5) is 0 Å². The van der Waals surface area contributed by atoms with E-state index < -0.39 is 11.5 Å². The summed E-state index contributed by atoms with van der Waals surface area (Å²) in [5.41, 5.74) is -0.659. The molecule has 9 atom stereocenters. The number of nitrogens with zero attached hydrogens (tertiary/aromatic N) is 1. The quantitative estimate of drug-likeness (QED) is 0.399. The van der Waals surface area contributed by atoms with Crippen molar-refractivity contribution in [3.8, 4) is 0 Å². The van der Waals surface area contributed by atoms with Gasteiger partial charge in [0, 0.05) is 17.8 Å². The average molecular weight is 494 g/mol. The number of ketones is 2. The highest BCUT2D eigenvalue weighted by molar-refractivity contribution is 5.88. The van der Waals surface area contributed by atoms with Crippen molar-refractivity contribution in [3.63, 3.8) is 0 Å². The van der Waals surface area contributed by atoms with E-state index in [0.29, 0.717) is 23.7 Å². The van der Waals surface area contributed by atoms with E-state index in [4.69, 9.17) is 6.57 Å². The Bertz CT molecular complexity index is 1080. The third-order valence-electron chi connectivity index (χ3n) is 13.4. The first-order chi connectivity index (χ1) is 16.5. The molecule has 5 rings (SSSR count). The maximum Gasteiger partial charge on any atom is 0.190 e. The van der Waals surface area contributed by atoms with Crippen LogP contribution in [-0.2, 0) is 9.59 Å². The van der Waals surface area contributed by atoms with E-state index in [1.54, 1.807) is 6.92 Å². The summed E-state index contributed by atoms with van der Waals surface area (Å²) in [5, 5.41) is 11.1. The third kappa shape index (κ3) is 3.02. The lowest BCUT2D eigenvalue weighted by Gasteiger charge is -2.72. The molecule has 0 radical (unpaired) electrons. The van der Waals surface area contributed by atoms with Crippen molar-refractivity contribution in [2.75, 3.05) is 0 Å². The Balaban J connectivity index is 1.64. The summed E-state index contributed by atoms with van der Waals surface area (Å²) in [6.07, 6.45) is 8.66. The monoisotopic (exact) mass is 493 g/mol. The maximum atomic E-state index is 14.4. The molecule has 4 saturated carbocycles. The second-order valence-corrected chi connectivity index (χ2v) is 15.6. The molecule has 0 aromatic heterocycles. The van der Waals surface area contributed by atoms with Crippen LogP contribution in [-0.4, -0.2) is 22.8 Å². The molecule has 198 valence electrons. The fraction of sp³-hybridized carbons (Fsp3) is 0.844. The summed E-state index contributed by atoms with van der Waals surface area (Å²) in [6, 6.07) is 0. The molecule has 0 aliphatic heterocycles. The largest absolute Gasteiger partial charge is 0.399 e. The molecule has 4 fully saturated rings. The second kappa shape index (κ2) is 7.56. The lowest BCUT2D eigenvalue weighted by molar-refractivity contribution is -0.225. The minimum Gasteiger partial charge on any atom is -0.399 e. The fourth-order valence-electron chi connectivity index (χ4n) is 11.1.